The van der Waals surface area contributed by atoms with E-state index in [0.29, 0.717) is 26.2 Å². The number of amides is 1. The van der Waals surface area contributed by atoms with E-state index in [4.69, 9.17) is 5.11 Å². The maximum Gasteiger partial charge on any atom is 0.416 e. The lowest BCUT2D eigenvalue weighted by atomic mass is 10.0. The molecule has 1 heterocycles. The molecular formula is C15H19F3N2O2. The molecule has 0 aromatic heterocycles. The molecule has 0 radical (unpaired) electrons. The summed E-state index contributed by atoms with van der Waals surface area (Å²) in [5, 5.41) is 8.84. The standard InChI is InChI=1S/C15H19F3N2O2/c1-11(12-2-4-13(5-3-12)15(16,17)18)19-6-8-20(9-7-19)14(22)10-21/h2-5,11,21H,6-10H2,1H3. The molecule has 1 saturated heterocycles. The maximum atomic E-state index is 12.6. The summed E-state index contributed by atoms with van der Waals surface area (Å²) in [6, 6.07) is 5.17. The molecular weight excluding hydrogens is 297 g/mol. The van der Waals surface area contributed by atoms with Gasteiger partial charge in [-0.2, -0.15) is 13.2 Å². The predicted molar refractivity (Wildman–Crippen MR) is 75.1 cm³/mol. The van der Waals surface area contributed by atoms with Gasteiger partial charge in [-0.25, -0.2) is 0 Å². The number of halogens is 3. The Kier molecular flexibility index (Phi) is 5.08. The SMILES string of the molecule is CC(c1ccc(C(F)(F)F)cc1)N1CCN(C(=O)CO)CC1. The van der Waals surface area contributed by atoms with Crippen molar-refractivity contribution in [2.45, 2.75) is 19.1 Å². The predicted octanol–water partition coefficient (Wildman–Crippen LogP) is 1.90. The molecule has 4 nitrogen and oxygen atoms in total. The molecule has 0 saturated carbocycles. The van der Waals surface area contributed by atoms with Gasteiger partial charge < -0.3 is 10.0 Å². The van der Waals surface area contributed by atoms with Crippen LogP contribution in [0.3, 0.4) is 0 Å². The Labute approximate surface area is 127 Å². The van der Waals surface area contributed by atoms with Crippen LogP contribution in [0.15, 0.2) is 24.3 Å². The molecule has 1 unspecified atom stereocenters. The molecule has 1 aliphatic heterocycles. The molecule has 7 heteroatoms. The summed E-state index contributed by atoms with van der Waals surface area (Å²) in [4.78, 5) is 15.1. The van der Waals surface area contributed by atoms with Gasteiger partial charge in [0.05, 0.1) is 5.56 Å². The molecule has 0 spiro atoms. The number of aliphatic hydroxyl groups excluding tert-OH is 1. The van der Waals surface area contributed by atoms with Crippen LogP contribution < -0.4 is 0 Å². The van der Waals surface area contributed by atoms with E-state index in [1.807, 2.05) is 6.92 Å². The van der Waals surface area contributed by atoms with E-state index in [1.165, 1.54) is 12.1 Å². The number of aliphatic hydroxyl groups is 1. The zero-order valence-corrected chi connectivity index (χ0v) is 12.3. The van der Waals surface area contributed by atoms with Gasteiger partial charge in [0, 0.05) is 32.2 Å². The first-order valence-corrected chi connectivity index (χ1v) is 7.12. The monoisotopic (exact) mass is 316 g/mol. The van der Waals surface area contributed by atoms with Crippen molar-refractivity contribution in [3.63, 3.8) is 0 Å². The lowest BCUT2D eigenvalue weighted by Gasteiger charge is -2.38. The molecule has 1 atom stereocenters. The zero-order valence-electron chi connectivity index (χ0n) is 12.3. The Balaban J connectivity index is 1.98. The summed E-state index contributed by atoms with van der Waals surface area (Å²) in [6.07, 6.45) is -4.32. The number of hydrogen-bond acceptors (Lipinski definition) is 3. The van der Waals surface area contributed by atoms with Gasteiger partial charge >= 0.3 is 6.18 Å². The molecule has 1 aromatic carbocycles. The van der Waals surface area contributed by atoms with Crippen molar-refractivity contribution in [1.82, 2.24) is 9.80 Å². The highest BCUT2D eigenvalue weighted by Crippen LogP contribution is 2.30. The van der Waals surface area contributed by atoms with E-state index < -0.39 is 18.3 Å². The topological polar surface area (TPSA) is 43.8 Å². The lowest BCUT2D eigenvalue weighted by molar-refractivity contribution is -0.137. The number of hydrogen-bond donors (Lipinski definition) is 1. The third-order valence-corrected chi connectivity index (χ3v) is 4.07. The maximum absolute atomic E-state index is 12.6. The van der Waals surface area contributed by atoms with Gasteiger partial charge in [0.25, 0.3) is 0 Å². The second-order valence-electron chi connectivity index (χ2n) is 5.37. The third kappa shape index (κ3) is 3.78. The van der Waals surface area contributed by atoms with Gasteiger partial charge in [0.15, 0.2) is 0 Å². The van der Waals surface area contributed by atoms with Gasteiger partial charge in [-0.1, -0.05) is 12.1 Å². The Hall–Kier alpha value is -1.60. The van der Waals surface area contributed by atoms with Crippen LogP contribution in [0.2, 0.25) is 0 Å². The number of rotatable bonds is 3. The Morgan fingerprint density at radius 3 is 2.18 bits per heavy atom. The first-order valence-electron chi connectivity index (χ1n) is 7.12. The van der Waals surface area contributed by atoms with Crippen LogP contribution >= 0.6 is 0 Å². The minimum atomic E-state index is -4.32. The number of piperazine rings is 1. The van der Waals surface area contributed by atoms with Crippen molar-refractivity contribution in [1.29, 1.82) is 0 Å². The molecule has 2 rings (SSSR count). The number of carbonyl (C=O) groups is 1. The van der Waals surface area contributed by atoms with E-state index >= 15 is 0 Å². The van der Waals surface area contributed by atoms with Crippen LogP contribution in [0.4, 0.5) is 13.2 Å². The number of alkyl halides is 3. The fraction of sp³-hybridized carbons (Fsp3) is 0.533. The van der Waals surface area contributed by atoms with Gasteiger partial charge in [0.1, 0.15) is 6.61 Å². The van der Waals surface area contributed by atoms with Crippen LogP contribution in [0.1, 0.15) is 24.1 Å². The molecule has 1 amide bonds. The Morgan fingerprint density at radius 2 is 1.73 bits per heavy atom. The quantitative estimate of drug-likeness (QED) is 0.926. The molecule has 0 bridgehead atoms. The zero-order chi connectivity index (χ0) is 16.3. The number of carbonyl (C=O) groups excluding carboxylic acids is 1. The van der Waals surface area contributed by atoms with Crippen LogP contribution in [-0.2, 0) is 11.0 Å². The van der Waals surface area contributed by atoms with Crippen molar-refractivity contribution in [3.8, 4) is 0 Å². The smallest absolute Gasteiger partial charge is 0.387 e. The molecule has 0 aliphatic carbocycles. The van der Waals surface area contributed by atoms with Crippen molar-refractivity contribution in [2.24, 2.45) is 0 Å². The van der Waals surface area contributed by atoms with Crippen LogP contribution in [0.5, 0.6) is 0 Å². The average molecular weight is 316 g/mol. The lowest BCUT2D eigenvalue weighted by Crippen LogP contribution is -2.50. The minimum Gasteiger partial charge on any atom is -0.387 e. The highest BCUT2D eigenvalue weighted by atomic mass is 19.4. The largest absolute Gasteiger partial charge is 0.416 e. The molecule has 1 N–H and O–H groups in total. The summed E-state index contributed by atoms with van der Waals surface area (Å²) in [6.45, 7) is 3.75. The number of benzene rings is 1. The summed E-state index contributed by atoms with van der Waals surface area (Å²) in [5.74, 6) is -0.290. The van der Waals surface area contributed by atoms with Gasteiger partial charge in [-0.15, -0.1) is 0 Å². The van der Waals surface area contributed by atoms with Crippen molar-refractivity contribution in [3.05, 3.63) is 35.4 Å². The van der Waals surface area contributed by atoms with E-state index in [9.17, 15) is 18.0 Å². The molecule has 1 fully saturated rings. The highest BCUT2D eigenvalue weighted by Gasteiger charge is 2.30. The van der Waals surface area contributed by atoms with E-state index in [-0.39, 0.29) is 11.9 Å². The first kappa shape index (κ1) is 16.8. The first-order chi connectivity index (χ1) is 10.3. The number of nitrogens with zero attached hydrogens (tertiary/aromatic N) is 2. The van der Waals surface area contributed by atoms with E-state index in [1.54, 1.807) is 4.90 Å². The van der Waals surface area contributed by atoms with Crippen molar-refractivity contribution < 1.29 is 23.1 Å². The average Bonchev–Trinajstić information content (AvgIpc) is 2.53. The summed E-state index contributed by atoms with van der Waals surface area (Å²) < 4.78 is 37.7. The van der Waals surface area contributed by atoms with Crippen molar-refractivity contribution in [2.75, 3.05) is 32.8 Å². The van der Waals surface area contributed by atoms with Gasteiger partial charge in [-0.05, 0) is 24.6 Å². The van der Waals surface area contributed by atoms with Crippen molar-refractivity contribution >= 4 is 5.91 Å². The second-order valence-corrected chi connectivity index (χ2v) is 5.37. The second kappa shape index (κ2) is 6.66. The van der Waals surface area contributed by atoms with Crippen LogP contribution in [-0.4, -0.2) is 53.6 Å². The highest BCUT2D eigenvalue weighted by molar-refractivity contribution is 5.77. The molecule has 1 aliphatic rings. The van der Waals surface area contributed by atoms with Gasteiger partial charge in [0.2, 0.25) is 5.91 Å². The van der Waals surface area contributed by atoms with Crippen LogP contribution in [0, 0.1) is 0 Å². The van der Waals surface area contributed by atoms with E-state index in [2.05, 4.69) is 4.90 Å². The van der Waals surface area contributed by atoms with Gasteiger partial charge in [-0.3, -0.25) is 9.69 Å². The van der Waals surface area contributed by atoms with Crippen LogP contribution in [0.25, 0.3) is 0 Å². The summed E-state index contributed by atoms with van der Waals surface area (Å²) in [5.41, 5.74) is 0.164. The molecule has 1 aromatic rings. The normalized spacial score (nSPS) is 18.3. The molecule has 122 valence electrons. The summed E-state index contributed by atoms with van der Waals surface area (Å²) in [7, 11) is 0. The summed E-state index contributed by atoms with van der Waals surface area (Å²) >= 11 is 0. The Morgan fingerprint density at radius 1 is 1.18 bits per heavy atom. The Bertz CT molecular complexity index is 509. The van der Waals surface area contributed by atoms with E-state index in [0.717, 1.165) is 17.7 Å². The molecule has 22 heavy (non-hydrogen) atoms. The minimum absolute atomic E-state index is 0.0198. The third-order valence-electron chi connectivity index (χ3n) is 4.07. The fourth-order valence-corrected chi connectivity index (χ4v) is 2.62. The fourth-order valence-electron chi connectivity index (χ4n) is 2.62.